The summed E-state index contributed by atoms with van der Waals surface area (Å²) in [6.45, 7) is 0.0706. The number of nitrogens with zero attached hydrogens (tertiary/aromatic N) is 2. The maximum atomic E-state index is 12.6. The van der Waals surface area contributed by atoms with Crippen molar-refractivity contribution in [3.8, 4) is 5.75 Å². The van der Waals surface area contributed by atoms with Gasteiger partial charge in [0.2, 0.25) is 11.8 Å². The number of fused-ring (bicyclic) bond motifs is 6. The number of rotatable bonds is 4. The van der Waals surface area contributed by atoms with Crippen molar-refractivity contribution >= 4 is 28.7 Å². The van der Waals surface area contributed by atoms with Gasteiger partial charge in [0.1, 0.15) is 5.52 Å². The zero-order valence-electron chi connectivity index (χ0n) is 14.6. The van der Waals surface area contributed by atoms with Crippen LogP contribution in [-0.2, 0) is 14.4 Å². The van der Waals surface area contributed by atoms with E-state index in [-0.39, 0.29) is 48.5 Å². The van der Waals surface area contributed by atoms with Crippen molar-refractivity contribution in [2.75, 3.05) is 6.54 Å². The van der Waals surface area contributed by atoms with Gasteiger partial charge in [0.25, 0.3) is 0 Å². The number of imide groups is 1. The highest BCUT2D eigenvalue weighted by atomic mass is 16.5. The first-order valence-electron chi connectivity index (χ1n) is 9.21. The molecule has 1 aliphatic heterocycles. The lowest BCUT2D eigenvalue weighted by molar-refractivity contribution is -0.142. The van der Waals surface area contributed by atoms with E-state index in [2.05, 4.69) is 17.1 Å². The first-order valence-corrected chi connectivity index (χ1v) is 9.21. The van der Waals surface area contributed by atoms with Gasteiger partial charge in [0.15, 0.2) is 5.75 Å². The van der Waals surface area contributed by atoms with Gasteiger partial charge in [-0.05, 0) is 30.4 Å². The van der Waals surface area contributed by atoms with Crippen molar-refractivity contribution in [1.29, 1.82) is 0 Å². The van der Waals surface area contributed by atoms with Crippen LogP contribution in [0.4, 0.5) is 0 Å². The van der Waals surface area contributed by atoms with Crippen molar-refractivity contribution in [2.45, 2.75) is 12.8 Å². The zero-order chi connectivity index (χ0) is 18.5. The van der Waals surface area contributed by atoms with E-state index in [1.165, 1.54) is 4.90 Å². The number of aromatic nitrogens is 1. The van der Waals surface area contributed by atoms with Crippen LogP contribution < -0.4 is 4.74 Å². The minimum Gasteiger partial charge on any atom is -0.424 e. The highest BCUT2D eigenvalue weighted by Gasteiger charge is 2.59. The summed E-state index contributed by atoms with van der Waals surface area (Å²) in [5, 5.41) is 0.878. The van der Waals surface area contributed by atoms with E-state index >= 15 is 0 Å². The number of hydrogen-bond donors (Lipinski definition) is 0. The van der Waals surface area contributed by atoms with Crippen LogP contribution in [0.25, 0.3) is 10.9 Å². The van der Waals surface area contributed by atoms with Gasteiger partial charge >= 0.3 is 5.97 Å². The average Bonchev–Trinajstić information content (AvgIpc) is 3.35. The summed E-state index contributed by atoms with van der Waals surface area (Å²) in [6.07, 6.45) is 6.63. The van der Waals surface area contributed by atoms with E-state index in [0.717, 1.165) is 11.8 Å². The number of pyridine rings is 1. The molecule has 2 aromatic rings. The number of para-hydroxylation sites is 1. The second-order valence-corrected chi connectivity index (χ2v) is 7.38. The lowest BCUT2D eigenvalue weighted by Crippen LogP contribution is -2.35. The van der Waals surface area contributed by atoms with Gasteiger partial charge in [0.05, 0.1) is 18.3 Å². The van der Waals surface area contributed by atoms with E-state index < -0.39 is 5.97 Å². The molecule has 0 radical (unpaired) electrons. The van der Waals surface area contributed by atoms with Gasteiger partial charge in [-0.3, -0.25) is 24.3 Å². The summed E-state index contributed by atoms with van der Waals surface area (Å²) in [4.78, 5) is 43.1. The van der Waals surface area contributed by atoms with E-state index in [0.29, 0.717) is 11.3 Å². The summed E-state index contributed by atoms with van der Waals surface area (Å²) in [7, 11) is 0. The van der Waals surface area contributed by atoms with Crippen LogP contribution in [0.3, 0.4) is 0 Å². The molecule has 27 heavy (non-hydrogen) atoms. The molecule has 1 saturated heterocycles. The standard InChI is InChI=1S/C21H18N2O4/c24-16(27-15-5-1-3-12-4-2-9-22-19(12)15)8-10-23-20(25)17-13-6-7-14(11-13)18(17)21(23)26/h1-7,9,13-14,17-18H,8,10-11H2. The zero-order valence-corrected chi connectivity index (χ0v) is 14.6. The molecule has 1 saturated carbocycles. The fourth-order valence-electron chi connectivity index (χ4n) is 4.72. The van der Waals surface area contributed by atoms with Crippen LogP contribution in [0.1, 0.15) is 12.8 Å². The third-order valence-corrected chi connectivity index (χ3v) is 5.92. The molecule has 6 heteroatoms. The number of likely N-dealkylation sites (tertiary alicyclic amines) is 1. The van der Waals surface area contributed by atoms with E-state index in [9.17, 15) is 14.4 Å². The molecule has 4 unspecified atom stereocenters. The smallest absolute Gasteiger partial charge is 0.313 e. The molecule has 2 fully saturated rings. The average molecular weight is 362 g/mol. The Kier molecular flexibility index (Phi) is 3.60. The molecule has 1 aromatic heterocycles. The summed E-state index contributed by atoms with van der Waals surface area (Å²) < 4.78 is 5.44. The van der Waals surface area contributed by atoms with E-state index in [1.54, 1.807) is 18.3 Å². The number of benzene rings is 1. The number of carbonyl (C=O) groups is 3. The summed E-state index contributed by atoms with van der Waals surface area (Å²) in [5.74, 6) is -0.479. The minimum absolute atomic E-state index is 0.0249. The first kappa shape index (κ1) is 16.2. The van der Waals surface area contributed by atoms with Crippen LogP contribution in [-0.4, -0.2) is 34.2 Å². The summed E-state index contributed by atoms with van der Waals surface area (Å²) >= 11 is 0. The second-order valence-electron chi connectivity index (χ2n) is 7.38. The molecule has 2 bridgehead atoms. The maximum absolute atomic E-state index is 12.6. The Morgan fingerprint density at radius 2 is 1.78 bits per heavy atom. The first-order chi connectivity index (χ1) is 13.1. The quantitative estimate of drug-likeness (QED) is 0.361. The molecule has 1 aromatic carbocycles. The number of amides is 2. The molecule has 0 spiro atoms. The lowest BCUT2D eigenvalue weighted by Gasteiger charge is -2.16. The fraction of sp³-hybridized carbons (Fsp3) is 0.333. The van der Waals surface area contributed by atoms with Crippen LogP contribution in [0.2, 0.25) is 0 Å². The number of ether oxygens (including phenoxy) is 1. The molecule has 4 atom stereocenters. The lowest BCUT2D eigenvalue weighted by atomic mass is 9.85. The van der Waals surface area contributed by atoms with Crippen LogP contribution in [0, 0.1) is 23.7 Å². The van der Waals surface area contributed by atoms with Crippen molar-refractivity contribution in [3.63, 3.8) is 0 Å². The Labute approximate surface area is 155 Å². The van der Waals surface area contributed by atoms with Crippen molar-refractivity contribution in [2.24, 2.45) is 23.7 Å². The Balaban J connectivity index is 1.26. The highest BCUT2D eigenvalue weighted by Crippen LogP contribution is 2.52. The SMILES string of the molecule is O=C(CCN1C(=O)C2C3C=CC(C3)C2C1=O)Oc1cccc2cccnc12. The topological polar surface area (TPSA) is 76.6 Å². The summed E-state index contributed by atoms with van der Waals surface area (Å²) in [6, 6.07) is 9.08. The molecule has 2 aliphatic carbocycles. The van der Waals surface area contributed by atoms with Gasteiger partial charge in [-0.15, -0.1) is 0 Å². The Bertz CT molecular complexity index is 963. The predicted molar refractivity (Wildman–Crippen MR) is 96.4 cm³/mol. The van der Waals surface area contributed by atoms with E-state index in [4.69, 9.17) is 4.74 Å². The second kappa shape index (κ2) is 6.01. The van der Waals surface area contributed by atoms with Crippen LogP contribution in [0.15, 0.2) is 48.7 Å². The monoisotopic (exact) mass is 362 g/mol. The Morgan fingerprint density at radius 1 is 1.07 bits per heavy atom. The minimum atomic E-state index is -0.480. The molecule has 2 heterocycles. The Morgan fingerprint density at radius 3 is 2.52 bits per heavy atom. The molecule has 2 amide bonds. The predicted octanol–water partition coefficient (Wildman–Crippen LogP) is 2.34. The number of carbonyl (C=O) groups excluding carboxylic acids is 3. The number of hydrogen-bond acceptors (Lipinski definition) is 5. The Hall–Kier alpha value is -3.02. The normalized spacial score (nSPS) is 28.2. The number of allylic oxidation sites excluding steroid dienone is 2. The molecule has 0 N–H and O–H groups in total. The highest BCUT2D eigenvalue weighted by molar-refractivity contribution is 6.06. The fourth-order valence-corrected chi connectivity index (χ4v) is 4.72. The molecule has 136 valence electrons. The van der Waals surface area contributed by atoms with Gasteiger partial charge < -0.3 is 4.74 Å². The van der Waals surface area contributed by atoms with E-state index in [1.807, 2.05) is 18.2 Å². The van der Waals surface area contributed by atoms with Gasteiger partial charge in [-0.2, -0.15) is 0 Å². The van der Waals surface area contributed by atoms with Crippen molar-refractivity contribution in [1.82, 2.24) is 9.88 Å². The number of esters is 1. The van der Waals surface area contributed by atoms with Crippen molar-refractivity contribution < 1.29 is 19.1 Å². The molecular weight excluding hydrogens is 344 g/mol. The van der Waals surface area contributed by atoms with Gasteiger partial charge in [-0.25, -0.2) is 0 Å². The molecule has 6 nitrogen and oxygen atoms in total. The largest absolute Gasteiger partial charge is 0.424 e. The van der Waals surface area contributed by atoms with Crippen molar-refractivity contribution in [3.05, 3.63) is 48.7 Å². The third-order valence-electron chi connectivity index (χ3n) is 5.92. The van der Waals surface area contributed by atoms with Gasteiger partial charge in [-0.1, -0.05) is 30.4 Å². The van der Waals surface area contributed by atoms with Gasteiger partial charge in [0, 0.05) is 18.1 Å². The molecular formula is C21H18N2O4. The van der Waals surface area contributed by atoms with Crippen LogP contribution in [0.5, 0.6) is 5.75 Å². The summed E-state index contributed by atoms with van der Waals surface area (Å²) in [5.41, 5.74) is 0.610. The maximum Gasteiger partial charge on any atom is 0.313 e. The van der Waals surface area contributed by atoms with Crippen LogP contribution >= 0.6 is 0 Å². The molecule has 5 rings (SSSR count). The third kappa shape index (κ3) is 2.47. The molecule has 3 aliphatic rings.